The van der Waals surface area contributed by atoms with Gasteiger partial charge >= 0.3 is 0 Å². The molecule has 11 heavy (non-hydrogen) atoms. The van der Waals surface area contributed by atoms with Gasteiger partial charge in [-0.2, -0.15) is 0 Å². The Morgan fingerprint density at radius 2 is 1.91 bits per heavy atom. The lowest BCUT2D eigenvalue weighted by molar-refractivity contribution is 0.896. The van der Waals surface area contributed by atoms with Crippen LogP contribution < -0.4 is 0 Å². The van der Waals surface area contributed by atoms with E-state index in [0.29, 0.717) is 0 Å². The second kappa shape index (κ2) is 3.08. The maximum absolute atomic E-state index is 4.03. The molecule has 0 saturated heterocycles. The number of hydrogen-bond donors (Lipinski definition) is 0. The number of rotatable bonds is 2. The van der Waals surface area contributed by atoms with Gasteiger partial charge in [0, 0.05) is 0 Å². The highest BCUT2D eigenvalue weighted by Crippen LogP contribution is 2.32. The minimum atomic E-state index is 1.11. The zero-order chi connectivity index (χ0) is 8.43. The lowest BCUT2D eigenvalue weighted by atomic mass is 9.99. The first-order chi connectivity index (χ1) is 5.13. The number of hydrogen-bond acceptors (Lipinski definition) is 0. The highest BCUT2D eigenvalue weighted by molar-refractivity contribution is 5.46. The molecule has 0 heterocycles. The van der Waals surface area contributed by atoms with Crippen LogP contribution in [0, 0.1) is 0 Å². The Balaban J connectivity index is 2.82. The average Bonchev–Trinajstić information content (AvgIpc) is 2.33. The molecular weight excluding hydrogens is 132 g/mol. The van der Waals surface area contributed by atoms with E-state index in [0.717, 1.165) is 5.57 Å². The summed E-state index contributed by atoms with van der Waals surface area (Å²) >= 11 is 0. The molecule has 1 aliphatic carbocycles. The van der Waals surface area contributed by atoms with Crippen LogP contribution in [-0.4, -0.2) is 0 Å². The van der Waals surface area contributed by atoms with Gasteiger partial charge in [0.1, 0.15) is 0 Å². The largest absolute Gasteiger partial charge is 0.0955 e. The fourth-order valence-corrected chi connectivity index (χ4v) is 1.56. The van der Waals surface area contributed by atoms with E-state index >= 15 is 0 Å². The molecule has 0 aliphatic heterocycles. The molecule has 1 aliphatic rings. The third-order valence-corrected chi connectivity index (χ3v) is 2.37. The van der Waals surface area contributed by atoms with E-state index in [2.05, 4.69) is 20.1 Å². The van der Waals surface area contributed by atoms with E-state index in [1.54, 1.807) is 0 Å². The fourth-order valence-electron chi connectivity index (χ4n) is 1.56. The fraction of sp³-hybridized carbons (Fsp3) is 0.455. The molecule has 0 nitrogen and oxygen atoms in total. The minimum absolute atomic E-state index is 1.11. The van der Waals surface area contributed by atoms with Crippen LogP contribution in [-0.2, 0) is 0 Å². The summed E-state index contributed by atoms with van der Waals surface area (Å²) in [5, 5.41) is 0. The van der Waals surface area contributed by atoms with Gasteiger partial charge in [-0.25, -0.2) is 0 Å². The van der Waals surface area contributed by atoms with Crippen molar-refractivity contribution < 1.29 is 0 Å². The second-order valence-electron chi connectivity index (χ2n) is 3.37. The monoisotopic (exact) mass is 148 g/mol. The SMILES string of the molecule is C=C(C)C(=C)C1=C(C)CCC1. The molecule has 0 aromatic heterocycles. The van der Waals surface area contributed by atoms with Crippen molar-refractivity contribution in [1.82, 2.24) is 0 Å². The van der Waals surface area contributed by atoms with Crippen LogP contribution in [0.5, 0.6) is 0 Å². The van der Waals surface area contributed by atoms with E-state index in [1.165, 1.54) is 36.0 Å². The molecule has 0 aromatic rings. The predicted molar refractivity (Wildman–Crippen MR) is 50.5 cm³/mol. The summed E-state index contributed by atoms with van der Waals surface area (Å²) in [6.45, 7) is 12.2. The zero-order valence-corrected chi connectivity index (χ0v) is 7.54. The summed E-state index contributed by atoms with van der Waals surface area (Å²) in [4.78, 5) is 0. The van der Waals surface area contributed by atoms with Crippen molar-refractivity contribution >= 4 is 0 Å². The molecule has 0 radical (unpaired) electrons. The van der Waals surface area contributed by atoms with Crippen molar-refractivity contribution in [2.24, 2.45) is 0 Å². The van der Waals surface area contributed by atoms with Gasteiger partial charge in [0.25, 0.3) is 0 Å². The van der Waals surface area contributed by atoms with E-state index in [1.807, 2.05) is 6.92 Å². The summed E-state index contributed by atoms with van der Waals surface area (Å²) < 4.78 is 0. The summed E-state index contributed by atoms with van der Waals surface area (Å²) in [5.41, 5.74) is 5.25. The molecule has 0 spiro atoms. The molecule has 0 N–H and O–H groups in total. The summed E-state index contributed by atoms with van der Waals surface area (Å²) in [5.74, 6) is 0. The Kier molecular flexibility index (Phi) is 2.33. The van der Waals surface area contributed by atoms with Crippen molar-refractivity contribution in [3.05, 3.63) is 35.5 Å². The maximum Gasteiger partial charge on any atom is -0.0271 e. The second-order valence-corrected chi connectivity index (χ2v) is 3.37. The van der Waals surface area contributed by atoms with Crippen molar-refractivity contribution in [2.75, 3.05) is 0 Å². The lowest BCUT2D eigenvalue weighted by Gasteiger charge is -2.06. The van der Waals surface area contributed by atoms with Crippen LogP contribution in [0.1, 0.15) is 33.1 Å². The van der Waals surface area contributed by atoms with Crippen LogP contribution in [0.4, 0.5) is 0 Å². The van der Waals surface area contributed by atoms with Crippen molar-refractivity contribution in [1.29, 1.82) is 0 Å². The molecular formula is C11H16. The molecule has 0 saturated carbocycles. The third kappa shape index (κ3) is 1.62. The van der Waals surface area contributed by atoms with E-state index in [-0.39, 0.29) is 0 Å². The normalized spacial score (nSPS) is 17.3. The lowest BCUT2D eigenvalue weighted by Crippen LogP contribution is -1.87. The Morgan fingerprint density at radius 1 is 1.27 bits per heavy atom. The molecule has 0 atom stereocenters. The van der Waals surface area contributed by atoms with E-state index in [9.17, 15) is 0 Å². The number of allylic oxidation sites excluding steroid dienone is 4. The minimum Gasteiger partial charge on any atom is -0.0955 e. The molecule has 1 rings (SSSR count). The van der Waals surface area contributed by atoms with Crippen LogP contribution in [0.25, 0.3) is 0 Å². The Hall–Kier alpha value is -0.780. The Bertz CT molecular complexity index is 228. The van der Waals surface area contributed by atoms with Gasteiger partial charge in [-0.3, -0.25) is 0 Å². The summed E-state index contributed by atoms with van der Waals surface area (Å²) in [7, 11) is 0. The first-order valence-electron chi connectivity index (χ1n) is 4.16. The molecule has 0 heteroatoms. The van der Waals surface area contributed by atoms with Crippen LogP contribution in [0.15, 0.2) is 35.5 Å². The van der Waals surface area contributed by atoms with Gasteiger partial charge in [0.15, 0.2) is 0 Å². The van der Waals surface area contributed by atoms with Gasteiger partial charge < -0.3 is 0 Å². The van der Waals surface area contributed by atoms with Crippen molar-refractivity contribution in [2.45, 2.75) is 33.1 Å². The van der Waals surface area contributed by atoms with Gasteiger partial charge in [-0.15, -0.1) is 0 Å². The quantitative estimate of drug-likeness (QED) is 0.525. The van der Waals surface area contributed by atoms with Crippen molar-refractivity contribution in [3.63, 3.8) is 0 Å². The van der Waals surface area contributed by atoms with E-state index < -0.39 is 0 Å². The highest BCUT2D eigenvalue weighted by atomic mass is 14.2. The highest BCUT2D eigenvalue weighted by Gasteiger charge is 2.13. The topological polar surface area (TPSA) is 0 Å². The van der Waals surface area contributed by atoms with Crippen molar-refractivity contribution in [3.8, 4) is 0 Å². The first-order valence-corrected chi connectivity index (χ1v) is 4.16. The van der Waals surface area contributed by atoms with Gasteiger partial charge in [-0.05, 0) is 44.3 Å². The summed E-state index contributed by atoms with van der Waals surface area (Å²) in [6.07, 6.45) is 3.76. The van der Waals surface area contributed by atoms with E-state index in [4.69, 9.17) is 0 Å². The smallest absolute Gasteiger partial charge is 0.0271 e. The Labute approximate surface area is 69.3 Å². The van der Waals surface area contributed by atoms with Crippen LogP contribution in [0.2, 0.25) is 0 Å². The molecule has 0 bridgehead atoms. The maximum atomic E-state index is 4.03. The first kappa shape index (κ1) is 8.32. The molecule has 60 valence electrons. The van der Waals surface area contributed by atoms with Gasteiger partial charge in [-0.1, -0.05) is 24.3 Å². The zero-order valence-electron chi connectivity index (χ0n) is 7.54. The van der Waals surface area contributed by atoms with Crippen LogP contribution in [0.3, 0.4) is 0 Å². The third-order valence-electron chi connectivity index (χ3n) is 2.37. The van der Waals surface area contributed by atoms with Gasteiger partial charge in [0.2, 0.25) is 0 Å². The summed E-state index contributed by atoms with van der Waals surface area (Å²) in [6, 6.07) is 0. The molecule has 0 unspecified atom stereocenters. The molecule has 0 fully saturated rings. The van der Waals surface area contributed by atoms with Gasteiger partial charge in [0.05, 0.1) is 0 Å². The Morgan fingerprint density at radius 3 is 2.27 bits per heavy atom. The van der Waals surface area contributed by atoms with Crippen LogP contribution >= 0.6 is 0 Å². The predicted octanol–water partition coefficient (Wildman–Crippen LogP) is 3.62. The average molecular weight is 148 g/mol. The molecule has 0 amide bonds. The standard InChI is InChI=1S/C11H16/c1-8(2)10(4)11-7-5-6-9(11)3/h1,4-7H2,2-3H3. The molecule has 0 aromatic carbocycles.